The third-order valence-electron chi connectivity index (χ3n) is 2.92. The Bertz CT molecular complexity index is 439. The molecule has 20 heavy (non-hydrogen) atoms. The van der Waals surface area contributed by atoms with Crippen LogP contribution in [0.2, 0.25) is 0 Å². The molecule has 0 aromatic heterocycles. The van der Waals surface area contributed by atoms with Crippen LogP contribution in [0, 0.1) is 0 Å². The quantitative estimate of drug-likeness (QED) is 0.669. The van der Waals surface area contributed by atoms with Gasteiger partial charge in [0.05, 0.1) is 20.3 Å². The summed E-state index contributed by atoms with van der Waals surface area (Å²) in [5.74, 6) is 1.99. The first kappa shape index (κ1) is 16.9. The summed E-state index contributed by atoms with van der Waals surface area (Å²) in [5.41, 5.74) is 0.693. The molecule has 1 aromatic carbocycles. The molecule has 2 unspecified atom stereocenters. The minimum Gasteiger partial charge on any atom is -0.497 e. The van der Waals surface area contributed by atoms with Crippen LogP contribution in [0.3, 0.4) is 0 Å². The lowest BCUT2D eigenvalue weighted by Crippen LogP contribution is -2.23. The van der Waals surface area contributed by atoms with E-state index < -0.39 is 16.9 Å². The number of hydrogen-bond acceptors (Lipinski definition) is 5. The lowest BCUT2D eigenvalue weighted by Gasteiger charge is -2.16. The maximum absolute atomic E-state index is 10.9. The molecule has 0 amide bonds. The zero-order chi connectivity index (χ0) is 15.0. The number of aliphatic hydroxyl groups excluding tert-OH is 1. The normalized spacial score (nSPS) is 13.8. The van der Waals surface area contributed by atoms with E-state index in [1.807, 2.05) is 0 Å². The van der Waals surface area contributed by atoms with Crippen molar-refractivity contribution in [2.24, 2.45) is 0 Å². The van der Waals surface area contributed by atoms with E-state index in [-0.39, 0.29) is 0 Å². The van der Waals surface area contributed by atoms with Gasteiger partial charge in [-0.3, -0.25) is 4.21 Å². The van der Waals surface area contributed by atoms with Crippen molar-refractivity contribution in [3.05, 3.63) is 23.8 Å². The first-order valence-corrected chi connectivity index (χ1v) is 8.22. The minimum atomic E-state index is -0.764. The number of rotatable bonds is 9. The Labute approximate surface area is 122 Å². The van der Waals surface area contributed by atoms with Crippen LogP contribution in [0.1, 0.15) is 18.1 Å². The fourth-order valence-electron chi connectivity index (χ4n) is 1.85. The summed E-state index contributed by atoms with van der Waals surface area (Å²) >= 11 is 0. The zero-order valence-corrected chi connectivity index (χ0v) is 13.0. The summed E-state index contributed by atoms with van der Waals surface area (Å²) in [5, 5.41) is 13.3. The van der Waals surface area contributed by atoms with Gasteiger partial charge in [0.15, 0.2) is 0 Å². The van der Waals surface area contributed by atoms with Crippen LogP contribution < -0.4 is 14.8 Å². The van der Waals surface area contributed by atoms with Gasteiger partial charge in [0, 0.05) is 34.9 Å². The highest BCUT2D eigenvalue weighted by Crippen LogP contribution is 2.28. The maximum Gasteiger partial charge on any atom is 0.124 e. The van der Waals surface area contributed by atoms with Crippen molar-refractivity contribution in [2.75, 3.05) is 39.3 Å². The van der Waals surface area contributed by atoms with E-state index in [0.29, 0.717) is 29.4 Å². The summed E-state index contributed by atoms with van der Waals surface area (Å²) in [4.78, 5) is 0. The summed E-state index contributed by atoms with van der Waals surface area (Å²) in [6.07, 6.45) is 1.84. The predicted octanol–water partition coefficient (Wildman–Crippen LogP) is 1.10. The lowest BCUT2D eigenvalue weighted by molar-refractivity contribution is 0.170. The third-order valence-corrected chi connectivity index (χ3v) is 3.78. The number of nitrogens with one attached hydrogen (secondary N) is 1. The van der Waals surface area contributed by atoms with Crippen molar-refractivity contribution in [1.82, 2.24) is 5.32 Å². The molecule has 0 bridgehead atoms. The van der Waals surface area contributed by atoms with Crippen LogP contribution in [0.25, 0.3) is 0 Å². The van der Waals surface area contributed by atoms with Gasteiger partial charge in [-0.05, 0) is 31.2 Å². The average molecular weight is 301 g/mol. The minimum absolute atomic E-state index is 0.417. The SMILES string of the molecule is COc1ccc(OC)c(C(O)CNCCCS(C)=O)c1. The molecule has 1 aromatic rings. The Hall–Kier alpha value is -1.11. The summed E-state index contributed by atoms with van der Waals surface area (Å²) < 4.78 is 21.3. The average Bonchev–Trinajstić information content (AvgIpc) is 2.45. The number of hydrogen-bond donors (Lipinski definition) is 2. The molecular formula is C14H23NO4S. The molecule has 0 aliphatic rings. The number of aliphatic hydroxyl groups is 1. The van der Waals surface area contributed by atoms with Crippen LogP contribution in [-0.2, 0) is 10.8 Å². The maximum atomic E-state index is 10.9. The first-order chi connectivity index (χ1) is 9.58. The zero-order valence-electron chi connectivity index (χ0n) is 12.2. The standard InChI is InChI=1S/C14H23NO4S/c1-18-11-5-6-14(19-2)12(9-11)13(16)10-15-7-4-8-20(3)17/h5-6,9,13,15-16H,4,7-8,10H2,1-3H3. The van der Waals surface area contributed by atoms with E-state index in [9.17, 15) is 9.32 Å². The van der Waals surface area contributed by atoms with Crippen LogP contribution in [-0.4, -0.2) is 48.6 Å². The van der Waals surface area contributed by atoms with Gasteiger partial charge in [-0.25, -0.2) is 0 Å². The van der Waals surface area contributed by atoms with Crippen LogP contribution in [0.5, 0.6) is 11.5 Å². The van der Waals surface area contributed by atoms with Gasteiger partial charge < -0.3 is 19.9 Å². The molecular weight excluding hydrogens is 278 g/mol. The second-order valence-corrected chi connectivity index (χ2v) is 6.01. The topological polar surface area (TPSA) is 67.8 Å². The number of benzene rings is 1. The van der Waals surface area contributed by atoms with Crippen LogP contribution >= 0.6 is 0 Å². The highest BCUT2D eigenvalue weighted by atomic mass is 32.2. The van der Waals surface area contributed by atoms with E-state index >= 15 is 0 Å². The molecule has 0 aliphatic heterocycles. The fourth-order valence-corrected chi connectivity index (χ4v) is 2.40. The van der Waals surface area contributed by atoms with E-state index in [4.69, 9.17) is 9.47 Å². The van der Waals surface area contributed by atoms with E-state index in [0.717, 1.165) is 13.0 Å². The third kappa shape index (κ3) is 5.48. The Balaban J connectivity index is 2.53. The second-order valence-electron chi connectivity index (χ2n) is 4.46. The molecule has 2 atom stereocenters. The summed E-state index contributed by atoms with van der Waals surface area (Å²) in [6.45, 7) is 1.14. The highest BCUT2D eigenvalue weighted by Gasteiger charge is 2.14. The van der Waals surface area contributed by atoms with E-state index in [1.165, 1.54) is 0 Å². The molecule has 0 fully saturated rings. The van der Waals surface area contributed by atoms with Gasteiger partial charge in [-0.15, -0.1) is 0 Å². The molecule has 1 rings (SSSR count). The fraction of sp³-hybridized carbons (Fsp3) is 0.571. The van der Waals surface area contributed by atoms with Gasteiger partial charge in [0.2, 0.25) is 0 Å². The number of ether oxygens (including phenoxy) is 2. The monoisotopic (exact) mass is 301 g/mol. The van der Waals surface area contributed by atoms with Crippen molar-refractivity contribution in [1.29, 1.82) is 0 Å². The molecule has 0 heterocycles. The Morgan fingerprint density at radius 3 is 2.70 bits per heavy atom. The molecule has 0 radical (unpaired) electrons. The van der Waals surface area contributed by atoms with E-state index in [2.05, 4.69) is 5.32 Å². The van der Waals surface area contributed by atoms with Gasteiger partial charge in [0.25, 0.3) is 0 Å². The molecule has 0 spiro atoms. The Kier molecular flexibility index (Phi) is 7.58. The van der Waals surface area contributed by atoms with Gasteiger partial charge >= 0.3 is 0 Å². The summed E-state index contributed by atoms with van der Waals surface area (Å²) in [7, 11) is 2.39. The molecule has 5 nitrogen and oxygen atoms in total. The largest absolute Gasteiger partial charge is 0.497 e. The van der Waals surface area contributed by atoms with Gasteiger partial charge in [0.1, 0.15) is 11.5 Å². The van der Waals surface area contributed by atoms with Crippen LogP contribution in [0.15, 0.2) is 18.2 Å². The summed E-state index contributed by atoms with van der Waals surface area (Å²) in [6, 6.07) is 5.34. The molecule has 6 heteroatoms. The second kappa shape index (κ2) is 8.94. The van der Waals surface area contributed by atoms with Gasteiger partial charge in [-0.2, -0.15) is 0 Å². The lowest BCUT2D eigenvalue weighted by atomic mass is 10.1. The number of methoxy groups -OCH3 is 2. The van der Waals surface area contributed by atoms with Crippen molar-refractivity contribution in [3.63, 3.8) is 0 Å². The van der Waals surface area contributed by atoms with E-state index in [1.54, 1.807) is 38.7 Å². The Morgan fingerprint density at radius 2 is 2.10 bits per heavy atom. The highest BCUT2D eigenvalue weighted by molar-refractivity contribution is 7.84. The van der Waals surface area contributed by atoms with Crippen molar-refractivity contribution < 1.29 is 18.8 Å². The molecule has 0 aliphatic carbocycles. The van der Waals surface area contributed by atoms with Gasteiger partial charge in [-0.1, -0.05) is 0 Å². The van der Waals surface area contributed by atoms with Crippen LogP contribution in [0.4, 0.5) is 0 Å². The molecule has 114 valence electrons. The van der Waals surface area contributed by atoms with Crippen molar-refractivity contribution in [3.8, 4) is 11.5 Å². The Morgan fingerprint density at radius 1 is 1.35 bits per heavy atom. The first-order valence-electron chi connectivity index (χ1n) is 6.49. The predicted molar refractivity (Wildman–Crippen MR) is 80.9 cm³/mol. The molecule has 0 saturated heterocycles. The van der Waals surface area contributed by atoms with Crippen molar-refractivity contribution in [2.45, 2.75) is 12.5 Å². The van der Waals surface area contributed by atoms with Crippen molar-refractivity contribution >= 4 is 10.8 Å². The smallest absolute Gasteiger partial charge is 0.124 e. The molecule has 2 N–H and O–H groups in total. The molecule has 0 saturated carbocycles.